The quantitative estimate of drug-likeness (QED) is 0.460. The molecule has 0 radical (unpaired) electrons. The molecule has 0 saturated heterocycles. The molecule has 0 aliphatic carbocycles. The van der Waals surface area contributed by atoms with Crippen molar-refractivity contribution in [3.05, 3.63) is 51.2 Å². The van der Waals surface area contributed by atoms with Gasteiger partial charge in [-0.3, -0.25) is 4.79 Å². The Hall–Kier alpha value is -1.63. The number of benzene rings is 1. The van der Waals surface area contributed by atoms with Gasteiger partial charge in [0.25, 0.3) is 5.91 Å². The Bertz CT molecular complexity index is 938. The molecular weight excluding hydrogens is 386 g/mol. The smallest absolute Gasteiger partial charge is 0.261 e. The monoisotopic (exact) mass is 405 g/mol. The Kier molecular flexibility index (Phi) is 6.16. The molecule has 0 fully saturated rings. The molecule has 3 aromatic rings. The predicted molar refractivity (Wildman–Crippen MR) is 111 cm³/mol. The molecule has 2 aromatic heterocycles. The average Bonchev–Trinajstić information content (AvgIpc) is 2.97. The fourth-order valence-electron chi connectivity index (χ4n) is 2.71. The molecule has 0 bridgehead atoms. The van der Waals surface area contributed by atoms with E-state index in [2.05, 4.69) is 15.3 Å². The Labute approximate surface area is 166 Å². The minimum Gasteiger partial charge on any atom is -0.350 e. The van der Waals surface area contributed by atoms with Crippen molar-refractivity contribution in [3.63, 3.8) is 0 Å². The number of fused-ring (bicyclic) bond motifs is 1. The minimum absolute atomic E-state index is 0.0420. The number of hydrogen-bond acceptors (Lipinski definition) is 5. The first kappa shape index (κ1) is 19.1. The van der Waals surface area contributed by atoms with Gasteiger partial charge in [0.2, 0.25) is 0 Å². The van der Waals surface area contributed by atoms with Crippen LogP contribution in [0.2, 0.25) is 5.02 Å². The van der Waals surface area contributed by atoms with Crippen molar-refractivity contribution in [2.24, 2.45) is 0 Å². The molecular formula is C19H20ClN3OS2. The topological polar surface area (TPSA) is 54.9 Å². The largest absolute Gasteiger partial charge is 0.350 e. The van der Waals surface area contributed by atoms with Crippen LogP contribution in [0.5, 0.6) is 0 Å². The molecule has 4 nitrogen and oxygen atoms in total. The molecule has 26 heavy (non-hydrogen) atoms. The molecule has 7 heteroatoms. The summed E-state index contributed by atoms with van der Waals surface area (Å²) in [5, 5.41) is 4.74. The van der Waals surface area contributed by atoms with Gasteiger partial charge >= 0.3 is 0 Å². The summed E-state index contributed by atoms with van der Waals surface area (Å²) in [6.45, 7) is 6.59. The number of aromatic nitrogens is 2. The van der Waals surface area contributed by atoms with Crippen LogP contribution in [0.15, 0.2) is 29.2 Å². The van der Waals surface area contributed by atoms with Crippen molar-refractivity contribution in [1.29, 1.82) is 0 Å². The normalized spacial score (nSPS) is 11.1. The summed E-state index contributed by atoms with van der Waals surface area (Å²) in [6.07, 6.45) is 0.789. The summed E-state index contributed by atoms with van der Waals surface area (Å²) < 4.78 is 0. The molecule has 2 heterocycles. The van der Waals surface area contributed by atoms with Crippen molar-refractivity contribution < 1.29 is 4.79 Å². The van der Waals surface area contributed by atoms with Crippen molar-refractivity contribution in [1.82, 2.24) is 15.3 Å². The lowest BCUT2D eigenvalue weighted by molar-refractivity contribution is 0.0960. The van der Waals surface area contributed by atoms with Crippen molar-refractivity contribution in [3.8, 4) is 0 Å². The lowest BCUT2D eigenvalue weighted by Crippen LogP contribution is -2.25. The number of halogens is 1. The van der Waals surface area contributed by atoms with Crippen LogP contribution in [0.4, 0.5) is 0 Å². The second-order valence-corrected chi connectivity index (χ2v) is 8.48. The van der Waals surface area contributed by atoms with Gasteiger partial charge in [-0.25, -0.2) is 9.97 Å². The molecule has 0 saturated carbocycles. The maximum Gasteiger partial charge on any atom is 0.261 e. The highest BCUT2D eigenvalue weighted by Crippen LogP contribution is 2.31. The van der Waals surface area contributed by atoms with Gasteiger partial charge in [-0.05, 0) is 43.7 Å². The van der Waals surface area contributed by atoms with Crippen molar-refractivity contribution in [2.45, 2.75) is 32.1 Å². The van der Waals surface area contributed by atoms with E-state index in [4.69, 9.17) is 11.6 Å². The van der Waals surface area contributed by atoms with E-state index in [0.717, 1.165) is 54.3 Å². The number of thiophene rings is 1. The third-order valence-electron chi connectivity index (χ3n) is 4.01. The number of carbonyl (C=O) groups is 1. The van der Waals surface area contributed by atoms with E-state index >= 15 is 0 Å². The highest BCUT2D eigenvalue weighted by atomic mass is 35.5. The highest BCUT2D eigenvalue weighted by Gasteiger charge is 2.18. The summed E-state index contributed by atoms with van der Waals surface area (Å²) in [5.74, 6) is 1.58. The number of amides is 1. The number of hydrogen-bond donors (Lipinski definition) is 1. The number of carbonyl (C=O) groups excluding carboxylic acids is 1. The Balaban J connectivity index is 1.65. The summed E-state index contributed by atoms with van der Waals surface area (Å²) in [4.78, 5) is 24.4. The summed E-state index contributed by atoms with van der Waals surface area (Å²) in [5.41, 5.74) is 1.91. The van der Waals surface area contributed by atoms with Crippen LogP contribution in [0.25, 0.3) is 10.2 Å². The fraction of sp³-hybridized carbons (Fsp3) is 0.316. The first-order valence-electron chi connectivity index (χ1n) is 8.42. The fourth-order valence-corrected chi connectivity index (χ4v) is 4.78. The number of rotatable bonds is 6. The van der Waals surface area contributed by atoms with Gasteiger partial charge < -0.3 is 5.32 Å². The molecule has 136 valence electrons. The molecule has 0 atom stereocenters. The zero-order valence-electron chi connectivity index (χ0n) is 14.9. The van der Waals surface area contributed by atoms with E-state index in [-0.39, 0.29) is 5.91 Å². The van der Waals surface area contributed by atoms with Crippen LogP contribution in [-0.4, -0.2) is 28.2 Å². The standard InChI is InChI=1S/C19H20ClN3OS2/c1-4-15-22-12(3)16-11(2)17(26-19(16)23-15)18(24)21-9-10-25-14-7-5-13(20)6-8-14/h5-8H,4,9-10H2,1-3H3,(H,21,24). The molecule has 0 aliphatic heterocycles. The van der Waals surface area contributed by atoms with Gasteiger partial charge in [0.1, 0.15) is 10.7 Å². The predicted octanol–water partition coefficient (Wildman–Crippen LogP) is 5.05. The van der Waals surface area contributed by atoms with E-state index in [1.807, 2.05) is 45.0 Å². The first-order valence-corrected chi connectivity index (χ1v) is 10.6. The number of thioether (sulfide) groups is 1. The summed E-state index contributed by atoms with van der Waals surface area (Å²) in [6, 6.07) is 7.71. The van der Waals surface area contributed by atoms with E-state index in [1.54, 1.807) is 11.8 Å². The number of nitrogens with zero attached hydrogens (tertiary/aromatic N) is 2. The van der Waals surface area contributed by atoms with Crippen molar-refractivity contribution in [2.75, 3.05) is 12.3 Å². The Morgan fingerprint density at radius 2 is 1.96 bits per heavy atom. The third kappa shape index (κ3) is 4.19. The van der Waals surface area contributed by atoms with Gasteiger partial charge in [-0.15, -0.1) is 23.1 Å². The van der Waals surface area contributed by atoms with Crippen LogP contribution in [0.3, 0.4) is 0 Å². The lowest BCUT2D eigenvalue weighted by atomic mass is 10.1. The molecule has 3 rings (SSSR count). The zero-order valence-corrected chi connectivity index (χ0v) is 17.3. The van der Waals surface area contributed by atoms with Gasteiger partial charge in [0, 0.05) is 39.7 Å². The maximum atomic E-state index is 12.6. The van der Waals surface area contributed by atoms with Crippen LogP contribution >= 0.6 is 34.7 Å². The van der Waals surface area contributed by atoms with E-state index < -0.39 is 0 Å². The van der Waals surface area contributed by atoms with Crippen molar-refractivity contribution >= 4 is 50.8 Å². The van der Waals surface area contributed by atoms with E-state index in [9.17, 15) is 4.79 Å². The second-order valence-electron chi connectivity index (χ2n) is 5.87. The van der Waals surface area contributed by atoms with E-state index in [1.165, 1.54) is 11.3 Å². The van der Waals surface area contributed by atoms with Crippen LogP contribution in [0, 0.1) is 13.8 Å². The Morgan fingerprint density at radius 1 is 1.23 bits per heavy atom. The van der Waals surface area contributed by atoms with Crippen LogP contribution in [-0.2, 0) is 6.42 Å². The SMILES string of the molecule is CCc1nc(C)c2c(C)c(C(=O)NCCSc3ccc(Cl)cc3)sc2n1. The first-order chi connectivity index (χ1) is 12.5. The molecule has 1 N–H and O–H groups in total. The van der Waals surface area contributed by atoms with Crippen LogP contribution < -0.4 is 5.32 Å². The molecule has 0 unspecified atom stereocenters. The molecule has 1 amide bonds. The summed E-state index contributed by atoms with van der Waals surface area (Å²) in [7, 11) is 0. The molecule has 0 spiro atoms. The van der Waals surface area contributed by atoms with Gasteiger partial charge in [-0.1, -0.05) is 18.5 Å². The lowest BCUT2D eigenvalue weighted by Gasteiger charge is -2.05. The second kappa shape index (κ2) is 8.37. The maximum absolute atomic E-state index is 12.6. The van der Waals surface area contributed by atoms with Gasteiger partial charge in [-0.2, -0.15) is 0 Å². The van der Waals surface area contributed by atoms with Gasteiger partial charge in [0.15, 0.2) is 0 Å². The Morgan fingerprint density at radius 3 is 2.65 bits per heavy atom. The number of aryl methyl sites for hydroxylation is 3. The minimum atomic E-state index is -0.0420. The number of nitrogens with one attached hydrogen (secondary N) is 1. The zero-order chi connectivity index (χ0) is 18.7. The highest BCUT2D eigenvalue weighted by molar-refractivity contribution is 7.99. The summed E-state index contributed by atoms with van der Waals surface area (Å²) >= 11 is 9.02. The van der Waals surface area contributed by atoms with Crippen LogP contribution in [0.1, 0.15) is 33.7 Å². The third-order valence-corrected chi connectivity index (χ3v) is 6.46. The van der Waals surface area contributed by atoms with Gasteiger partial charge in [0.05, 0.1) is 4.88 Å². The molecule has 1 aromatic carbocycles. The van der Waals surface area contributed by atoms with E-state index in [0.29, 0.717) is 6.54 Å². The molecule has 0 aliphatic rings. The average molecular weight is 406 g/mol.